The Morgan fingerprint density at radius 1 is 0.875 bits per heavy atom. The van der Waals surface area contributed by atoms with E-state index in [-0.39, 0.29) is 17.1 Å². The molecule has 0 aliphatic carbocycles. The van der Waals surface area contributed by atoms with Crippen molar-refractivity contribution < 1.29 is 36.4 Å². The maximum absolute atomic E-state index is 11.1. The van der Waals surface area contributed by atoms with Gasteiger partial charge in [0, 0.05) is 58.7 Å². The summed E-state index contributed by atoms with van der Waals surface area (Å²) in [7, 11) is -1.85. The highest BCUT2D eigenvalue weighted by atomic mass is 28.4. The molecular weight excluding hydrogens is 560 g/mol. The highest BCUT2D eigenvalue weighted by Gasteiger charge is 2.40. The average molecular weight is 609 g/mol. The van der Waals surface area contributed by atoms with Gasteiger partial charge in [-0.3, -0.25) is 25.5 Å². The van der Waals surface area contributed by atoms with Crippen LogP contribution in [0.3, 0.4) is 0 Å². The smallest absolute Gasteiger partial charge is 0.379 e. The van der Waals surface area contributed by atoms with Gasteiger partial charge in [-0.15, -0.1) is 0 Å². The van der Waals surface area contributed by atoms with Gasteiger partial charge in [-0.1, -0.05) is 20.8 Å². The Bertz CT molecular complexity index is 846. The zero-order valence-electron chi connectivity index (χ0n) is 25.2. The van der Waals surface area contributed by atoms with E-state index in [1.165, 1.54) is 12.1 Å². The van der Waals surface area contributed by atoms with E-state index in [0.29, 0.717) is 51.5 Å². The number of nitrogens with one attached hydrogen (secondary N) is 2. The Labute approximate surface area is 240 Å². The summed E-state index contributed by atoms with van der Waals surface area (Å²) >= 11 is 0. The van der Waals surface area contributed by atoms with Crippen molar-refractivity contribution in [3.05, 3.63) is 38.4 Å². The zero-order valence-corrected chi connectivity index (χ0v) is 27.2. The maximum atomic E-state index is 11.1. The van der Waals surface area contributed by atoms with Crippen LogP contribution in [0.1, 0.15) is 48.0 Å². The quantitative estimate of drug-likeness (QED) is 0.0644. The molecule has 0 radical (unpaired) electrons. The number of benzene rings is 1. The third kappa shape index (κ3) is 14.0. The van der Waals surface area contributed by atoms with Crippen molar-refractivity contribution in [3.8, 4) is 0 Å². The fourth-order valence-electron chi connectivity index (χ4n) is 3.65. The minimum Gasteiger partial charge on any atom is -0.379 e. The molecule has 0 amide bonds. The molecule has 0 spiro atoms. The Morgan fingerprint density at radius 2 is 1.45 bits per heavy atom. The van der Waals surface area contributed by atoms with E-state index in [2.05, 4.69) is 24.5 Å². The van der Waals surface area contributed by atoms with E-state index in [4.69, 9.17) is 26.6 Å². The van der Waals surface area contributed by atoms with Crippen molar-refractivity contribution in [3.63, 3.8) is 0 Å². The normalized spacial score (nSPS) is 11.7. The molecule has 0 fully saturated rings. The van der Waals surface area contributed by atoms with Crippen molar-refractivity contribution in [2.45, 2.75) is 60.1 Å². The number of nitro benzene ring substituents is 2. The lowest BCUT2D eigenvalue weighted by atomic mass is 10.2. The minimum atomic E-state index is -2.76. The van der Waals surface area contributed by atoms with E-state index in [1.807, 2.05) is 27.7 Å². The van der Waals surface area contributed by atoms with Crippen LogP contribution in [0.15, 0.2) is 18.2 Å². The Morgan fingerprint density at radius 3 is 1.88 bits per heavy atom. The first-order chi connectivity index (χ1) is 19.0. The molecule has 2 N–H and O–H groups in total. The first-order valence-corrected chi connectivity index (χ1v) is 17.4. The van der Waals surface area contributed by atoms with Gasteiger partial charge < -0.3 is 31.9 Å². The molecule has 0 bridgehead atoms. The standard InChI is InChI=1S/C15H25N3O7Si.C9H23NO3Si/c1-4-23-26(24-5-2,25-6-3)11-7-10-16-14-9-8-13(17(19)20)12-15(14)18(21)22;1-6-10-8-13-14(11-4,12-5)7-9(2)3/h8-9,12,16H,4-7,10-11H2,1-3H3;9-10H,6-8H2,1-5H3. The van der Waals surface area contributed by atoms with Gasteiger partial charge in [0.15, 0.2) is 0 Å². The van der Waals surface area contributed by atoms with Crippen LogP contribution in [-0.4, -0.2) is 81.3 Å². The molecule has 1 rings (SSSR count). The molecule has 0 aliphatic heterocycles. The predicted molar refractivity (Wildman–Crippen MR) is 157 cm³/mol. The lowest BCUT2D eigenvalue weighted by Gasteiger charge is -2.28. The summed E-state index contributed by atoms with van der Waals surface area (Å²) < 4.78 is 33.7. The van der Waals surface area contributed by atoms with Crippen LogP contribution in [0.5, 0.6) is 0 Å². The van der Waals surface area contributed by atoms with Crippen LogP contribution in [0.4, 0.5) is 17.1 Å². The largest absolute Gasteiger partial charge is 0.501 e. The van der Waals surface area contributed by atoms with Crippen LogP contribution >= 0.6 is 0 Å². The van der Waals surface area contributed by atoms with E-state index < -0.39 is 27.5 Å². The van der Waals surface area contributed by atoms with Crippen LogP contribution in [0, 0.1) is 26.1 Å². The van der Waals surface area contributed by atoms with E-state index >= 15 is 0 Å². The molecule has 16 heteroatoms. The number of anilines is 1. The molecule has 14 nitrogen and oxygen atoms in total. The van der Waals surface area contributed by atoms with Crippen LogP contribution in [-0.2, 0) is 26.6 Å². The topological polar surface area (TPSA) is 166 Å². The van der Waals surface area contributed by atoms with E-state index in [9.17, 15) is 20.2 Å². The van der Waals surface area contributed by atoms with Gasteiger partial charge in [-0.05, 0) is 45.7 Å². The average Bonchev–Trinajstić information content (AvgIpc) is 2.91. The van der Waals surface area contributed by atoms with Gasteiger partial charge in [0.1, 0.15) is 5.69 Å². The highest BCUT2D eigenvalue weighted by Crippen LogP contribution is 2.29. The molecule has 0 saturated heterocycles. The predicted octanol–water partition coefficient (Wildman–Crippen LogP) is 4.81. The number of non-ortho nitro benzene ring substituents is 1. The SMILES string of the molecule is CCNCO[Si](CC(C)C)(OC)OC.CCO[Si](CCCNc1ccc([N+](=O)[O-])cc1[N+](=O)[O-])(OCC)OCC. The molecule has 0 atom stereocenters. The van der Waals surface area contributed by atoms with Crippen molar-refractivity contribution in [2.75, 3.05) is 59.2 Å². The number of nitrogens with zero attached hydrogens (tertiary/aromatic N) is 2. The summed E-state index contributed by atoms with van der Waals surface area (Å²) in [6.07, 6.45) is 0.611. The number of hydrogen-bond donors (Lipinski definition) is 2. The molecule has 232 valence electrons. The Balaban J connectivity index is 0.000000919. The first kappa shape index (κ1) is 38.0. The number of nitro groups is 2. The van der Waals surface area contributed by atoms with Gasteiger partial charge >= 0.3 is 17.6 Å². The monoisotopic (exact) mass is 608 g/mol. The number of rotatable bonds is 21. The number of hydrogen-bond acceptors (Lipinski definition) is 12. The van der Waals surface area contributed by atoms with Gasteiger partial charge in [-0.2, -0.15) is 0 Å². The molecule has 1 aromatic carbocycles. The third-order valence-electron chi connectivity index (χ3n) is 5.38. The third-order valence-corrected chi connectivity index (χ3v) is 11.7. The lowest BCUT2D eigenvalue weighted by Crippen LogP contribution is -2.47. The van der Waals surface area contributed by atoms with Crippen LogP contribution < -0.4 is 10.6 Å². The fraction of sp³-hybridized carbons (Fsp3) is 0.750. The molecule has 0 saturated carbocycles. The Hall–Kier alpha value is -2.03. The second-order valence-electron chi connectivity index (χ2n) is 8.81. The molecule has 1 aromatic rings. The summed E-state index contributed by atoms with van der Waals surface area (Å²) in [5.41, 5.74) is -0.419. The Kier molecular flexibility index (Phi) is 19.7. The van der Waals surface area contributed by atoms with Crippen molar-refractivity contribution in [1.29, 1.82) is 0 Å². The molecule has 0 aromatic heterocycles. The summed E-state index contributed by atoms with van der Waals surface area (Å²) in [5, 5.41) is 28.0. The summed E-state index contributed by atoms with van der Waals surface area (Å²) in [6, 6.07) is 4.94. The summed E-state index contributed by atoms with van der Waals surface area (Å²) in [4.78, 5) is 20.6. The molecule has 0 unspecified atom stereocenters. The lowest BCUT2D eigenvalue weighted by molar-refractivity contribution is -0.393. The van der Waals surface area contributed by atoms with Crippen molar-refractivity contribution in [2.24, 2.45) is 5.92 Å². The van der Waals surface area contributed by atoms with E-state index in [1.54, 1.807) is 14.2 Å². The van der Waals surface area contributed by atoms with E-state index in [0.717, 1.165) is 18.7 Å². The molecule has 40 heavy (non-hydrogen) atoms. The fourth-order valence-corrected chi connectivity index (χ4v) is 8.44. The zero-order chi connectivity index (χ0) is 30.6. The van der Waals surface area contributed by atoms with Gasteiger partial charge in [-0.25, -0.2) is 0 Å². The highest BCUT2D eigenvalue weighted by molar-refractivity contribution is 6.61. The van der Waals surface area contributed by atoms with Crippen molar-refractivity contribution >= 4 is 34.7 Å². The first-order valence-electron chi connectivity index (χ1n) is 13.5. The van der Waals surface area contributed by atoms with Crippen LogP contribution in [0.25, 0.3) is 0 Å². The van der Waals surface area contributed by atoms with Crippen LogP contribution in [0.2, 0.25) is 12.1 Å². The van der Waals surface area contributed by atoms with Gasteiger partial charge in [0.05, 0.1) is 22.6 Å². The van der Waals surface area contributed by atoms with Gasteiger partial charge in [0.25, 0.3) is 11.4 Å². The second-order valence-corrected chi connectivity index (χ2v) is 14.4. The minimum absolute atomic E-state index is 0.233. The summed E-state index contributed by atoms with van der Waals surface area (Å²) in [6.45, 7) is 15.2. The molecular formula is C24H48N4O10Si2. The second kappa shape index (κ2) is 20.8. The molecule has 0 aliphatic rings. The van der Waals surface area contributed by atoms with Gasteiger partial charge in [0.2, 0.25) is 0 Å². The summed E-state index contributed by atoms with van der Waals surface area (Å²) in [5.74, 6) is 0.517. The molecule has 0 heterocycles. The maximum Gasteiger partial charge on any atom is 0.501 e. The van der Waals surface area contributed by atoms with Crippen molar-refractivity contribution in [1.82, 2.24) is 5.32 Å².